The summed E-state index contributed by atoms with van der Waals surface area (Å²) in [6, 6.07) is 10.2. The summed E-state index contributed by atoms with van der Waals surface area (Å²) in [7, 11) is 0. The molecule has 0 aliphatic rings. The third kappa shape index (κ3) is 4.91. The summed E-state index contributed by atoms with van der Waals surface area (Å²) in [4.78, 5) is 12.7. The van der Waals surface area contributed by atoms with Crippen molar-refractivity contribution in [2.75, 3.05) is 5.73 Å². The SMILES string of the molecule is Nc1nonc1-n1nnc(C(=O)N/N=C/c2c(Cl)cccc2Cl)c1COc1ccc(F)cc1. The van der Waals surface area contributed by atoms with Crippen LogP contribution in [0.1, 0.15) is 21.7 Å². The number of amides is 1. The number of hydrazone groups is 1. The number of carbonyl (C=O) groups is 1. The van der Waals surface area contributed by atoms with Gasteiger partial charge >= 0.3 is 0 Å². The second kappa shape index (κ2) is 9.63. The molecule has 0 unspecified atom stereocenters. The Balaban J connectivity index is 1.59. The zero-order chi connectivity index (χ0) is 23.4. The largest absolute Gasteiger partial charge is 0.487 e. The Morgan fingerprint density at radius 3 is 2.61 bits per heavy atom. The number of nitrogen functional groups attached to an aromatic ring is 1. The van der Waals surface area contributed by atoms with Gasteiger partial charge in [0, 0.05) is 5.56 Å². The number of nitrogens with one attached hydrogen (secondary N) is 1. The van der Waals surface area contributed by atoms with E-state index in [1.165, 1.54) is 30.5 Å². The van der Waals surface area contributed by atoms with Crippen LogP contribution in [0.25, 0.3) is 5.82 Å². The molecule has 2 heterocycles. The summed E-state index contributed by atoms with van der Waals surface area (Å²) in [6.07, 6.45) is 1.29. The van der Waals surface area contributed by atoms with Crippen LogP contribution in [0.15, 0.2) is 52.2 Å². The monoisotopic (exact) mass is 490 g/mol. The molecule has 0 fully saturated rings. The second-order valence-corrected chi connectivity index (χ2v) is 7.16. The number of hydrogen-bond donors (Lipinski definition) is 2. The molecule has 4 rings (SSSR count). The summed E-state index contributed by atoms with van der Waals surface area (Å²) in [5.41, 5.74) is 8.50. The topological polar surface area (TPSA) is 146 Å². The summed E-state index contributed by atoms with van der Waals surface area (Å²) in [5.74, 6) is -0.875. The highest BCUT2D eigenvalue weighted by molar-refractivity contribution is 6.38. The van der Waals surface area contributed by atoms with Gasteiger partial charge in [0.1, 0.15) is 23.9 Å². The molecule has 0 aliphatic carbocycles. The van der Waals surface area contributed by atoms with Gasteiger partial charge in [-0.3, -0.25) is 4.79 Å². The molecular formula is C19H13Cl2FN8O3. The molecule has 0 bridgehead atoms. The summed E-state index contributed by atoms with van der Waals surface area (Å²) >= 11 is 12.2. The molecule has 11 nitrogen and oxygen atoms in total. The van der Waals surface area contributed by atoms with Crippen molar-refractivity contribution in [1.82, 2.24) is 30.7 Å². The first-order valence-corrected chi connectivity index (χ1v) is 9.88. The van der Waals surface area contributed by atoms with Gasteiger partial charge in [0.15, 0.2) is 5.69 Å². The maximum Gasteiger partial charge on any atom is 0.293 e. The Hall–Kier alpha value is -4.03. The van der Waals surface area contributed by atoms with Gasteiger partial charge in [-0.1, -0.05) is 34.5 Å². The molecule has 0 saturated carbocycles. The van der Waals surface area contributed by atoms with Crippen LogP contribution in [0.2, 0.25) is 10.0 Å². The first-order chi connectivity index (χ1) is 15.9. The number of benzene rings is 2. The average Bonchev–Trinajstić information content (AvgIpc) is 3.41. The second-order valence-electron chi connectivity index (χ2n) is 6.35. The Kier molecular flexibility index (Phi) is 6.47. The number of halogens is 3. The molecule has 0 radical (unpaired) electrons. The predicted octanol–water partition coefficient (Wildman–Crippen LogP) is 3.02. The minimum Gasteiger partial charge on any atom is -0.487 e. The third-order valence-electron chi connectivity index (χ3n) is 4.22. The van der Waals surface area contributed by atoms with Crippen molar-refractivity contribution in [3.05, 3.63) is 75.3 Å². The van der Waals surface area contributed by atoms with Gasteiger partial charge in [0.05, 0.1) is 16.3 Å². The normalized spacial score (nSPS) is 11.1. The van der Waals surface area contributed by atoms with E-state index in [0.29, 0.717) is 21.4 Å². The van der Waals surface area contributed by atoms with Gasteiger partial charge in [-0.05, 0) is 46.7 Å². The number of ether oxygens (including phenoxy) is 1. The first-order valence-electron chi connectivity index (χ1n) is 9.13. The highest BCUT2D eigenvalue weighted by Gasteiger charge is 2.24. The Bertz CT molecular complexity index is 1300. The smallest absolute Gasteiger partial charge is 0.293 e. The molecule has 0 saturated heterocycles. The molecule has 2 aromatic carbocycles. The van der Waals surface area contributed by atoms with Gasteiger partial charge in [-0.2, -0.15) is 9.78 Å². The van der Waals surface area contributed by atoms with Gasteiger partial charge < -0.3 is 10.5 Å². The van der Waals surface area contributed by atoms with Crippen LogP contribution in [0.3, 0.4) is 0 Å². The first kappa shape index (κ1) is 22.2. The van der Waals surface area contributed by atoms with Crippen molar-refractivity contribution in [2.45, 2.75) is 6.61 Å². The zero-order valence-corrected chi connectivity index (χ0v) is 18.0. The number of rotatable bonds is 7. The number of anilines is 1. The molecular weight excluding hydrogens is 478 g/mol. The molecule has 2 aromatic heterocycles. The fraction of sp³-hybridized carbons (Fsp3) is 0.0526. The predicted molar refractivity (Wildman–Crippen MR) is 116 cm³/mol. The molecule has 33 heavy (non-hydrogen) atoms. The van der Waals surface area contributed by atoms with Crippen molar-refractivity contribution < 1.29 is 18.6 Å². The maximum absolute atomic E-state index is 13.2. The lowest BCUT2D eigenvalue weighted by molar-refractivity contribution is 0.0947. The number of hydrogen-bond acceptors (Lipinski definition) is 9. The van der Waals surface area contributed by atoms with E-state index in [0.717, 1.165) is 4.68 Å². The molecule has 0 aliphatic heterocycles. The molecule has 168 valence electrons. The molecule has 0 atom stereocenters. The molecule has 0 spiro atoms. The third-order valence-corrected chi connectivity index (χ3v) is 4.88. The van der Waals surface area contributed by atoms with E-state index in [2.05, 4.69) is 35.8 Å². The quantitative estimate of drug-likeness (QED) is 0.296. The highest BCUT2D eigenvalue weighted by atomic mass is 35.5. The van der Waals surface area contributed by atoms with E-state index in [4.69, 9.17) is 33.7 Å². The number of aromatic nitrogens is 5. The lowest BCUT2D eigenvalue weighted by Gasteiger charge is -2.08. The van der Waals surface area contributed by atoms with Gasteiger partial charge in [0.25, 0.3) is 5.91 Å². The molecule has 14 heteroatoms. The average molecular weight is 491 g/mol. The van der Waals surface area contributed by atoms with Gasteiger partial charge in [-0.15, -0.1) is 5.10 Å². The van der Waals surface area contributed by atoms with Crippen LogP contribution in [0.5, 0.6) is 5.75 Å². The maximum atomic E-state index is 13.2. The standard InChI is InChI=1S/C19H13Cl2FN8O3/c20-13-2-1-3-14(21)12(13)8-24-26-19(31)16-15(9-32-11-6-4-10(22)5-7-11)30(29-25-16)18-17(23)27-33-28-18/h1-8H,9H2,(H2,23,27)(H,26,31)/b24-8+. The van der Waals surface area contributed by atoms with Crippen LogP contribution in [-0.4, -0.2) is 37.4 Å². The van der Waals surface area contributed by atoms with Crippen LogP contribution >= 0.6 is 23.2 Å². The Labute approximate surface area is 194 Å². The van der Waals surface area contributed by atoms with Gasteiger partial charge in [-0.25, -0.2) is 14.4 Å². The van der Waals surface area contributed by atoms with E-state index >= 15 is 0 Å². The van der Waals surface area contributed by atoms with Crippen LogP contribution in [-0.2, 0) is 6.61 Å². The minimum absolute atomic E-state index is 0.00519. The van der Waals surface area contributed by atoms with Crippen LogP contribution in [0, 0.1) is 5.82 Å². The summed E-state index contributed by atoms with van der Waals surface area (Å²) < 4.78 is 24.5. The number of carbonyl (C=O) groups excluding carboxylic acids is 1. The van der Waals surface area contributed by atoms with Crippen molar-refractivity contribution in [3.63, 3.8) is 0 Å². The van der Waals surface area contributed by atoms with E-state index < -0.39 is 11.7 Å². The fourth-order valence-electron chi connectivity index (χ4n) is 2.64. The molecule has 4 aromatic rings. The fourth-order valence-corrected chi connectivity index (χ4v) is 3.14. The highest BCUT2D eigenvalue weighted by Crippen LogP contribution is 2.22. The van der Waals surface area contributed by atoms with Crippen molar-refractivity contribution in [3.8, 4) is 11.6 Å². The minimum atomic E-state index is -0.714. The zero-order valence-electron chi connectivity index (χ0n) is 16.4. The van der Waals surface area contributed by atoms with Gasteiger partial charge in [0.2, 0.25) is 11.6 Å². The lowest BCUT2D eigenvalue weighted by Crippen LogP contribution is -2.21. The van der Waals surface area contributed by atoms with E-state index in [1.54, 1.807) is 18.2 Å². The van der Waals surface area contributed by atoms with Crippen LogP contribution < -0.4 is 15.9 Å². The van der Waals surface area contributed by atoms with Crippen LogP contribution in [0.4, 0.5) is 10.2 Å². The van der Waals surface area contributed by atoms with E-state index in [-0.39, 0.29) is 29.6 Å². The summed E-state index contributed by atoms with van der Waals surface area (Å²) in [6.45, 7) is -0.201. The molecule has 1 amide bonds. The molecule has 3 N–H and O–H groups in total. The Morgan fingerprint density at radius 1 is 1.21 bits per heavy atom. The lowest BCUT2D eigenvalue weighted by atomic mass is 10.2. The summed E-state index contributed by atoms with van der Waals surface area (Å²) in [5, 5.41) is 19.5. The Morgan fingerprint density at radius 2 is 1.94 bits per heavy atom. The van der Waals surface area contributed by atoms with E-state index in [1.807, 2.05) is 0 Å². The van der Waals surface area contributed by atoms with E-state index in [9.17, 15) is 9.18 Å². The number of nitrogens with zero attached hydrogens (tertiary/aromatic N) is 6. The van der Waals surface area contributed by atoms with Crippen molar-refractivity contribution >= 4 is 41.1 Å². The number of nitrogens with two attached hydrogens (primary N) is 1. The van der Waals surface area contributed by atoms with Crippen molar-refractivity contribution in [2.24, 2.45) is 5.10 Å². The van der Waals surface area contributed by atoms with Crippen molar-refractivity contribution in [1.29, 1.82) is 0 Å².